The fourth-order valence-electron chi connectivity index (χ4n) is 3.70. The number of hydrogen-bond acceptors (Lipinski definition) is 4. The first-order chi connectivity index (χ1) is 13.7. The topological polar surface area (TPSA) is 73.9 Å². The van der Waals surface area contributed by atoms with Crippen LogP contribution in [0, 0.1) is 0 Å². The number of aromatic amines is 1. The number of nitrogens with one attached hydrogen (secondary N) is 2. The van der Waals surface area contributed by atoms with Crippen LogP contribution in [0.2, 0.25) is 0 Å². The maximum Gasteiger partial charge on any atom is 0.254 e. The van der Waals surface area contributed by atoms with Gasteiger partial charge in [0.1, 0.15) is 11.7 Å². The molecule has 28 heavy (non-hydrogen) atoms. The van der Waals surface area contributed by atoms with E-state index in [-0.39, 0.29) is 12.5 Å². The Kier molecular flexibility index (Phi) is 3.93. The number of rotatable bonds is 3. The third-order valence-corrected chi connectivity index (χ3v) is 5.11. The highest BCUT2D eigenvalue weighted by Crippen LogP contribution is 2.28. The zero-order valence-corrected chi connectivity index (χ0v) is 15.0. The van der Waals surface area contributed by atoms with Crippen molar-refractivity contribution in [2.75, 3.05) is 18.4 Å². The van der Waals surface area contributed by atoms with Gasteiger partial charge in [-0.3, -0.25) is 14.9 Å². The number of carbonyl (C=O) groups is 1. The quantitative estimate of drug-likeness (QED) is 0.567. The van der Waals surface area contributed by atoms with Crippen molar-refractivity contribution in [2.24, 2.45) is 0 Å². The summed E-state index contributed by atoms with van der Waals surface area (Å²) in [4.78, 5) is 18.8. The molecule has 2 aromatic carbocycles. The zero-order chi connectivity index (χ0) is 19.1. The smallest absolute Gasteiger partial charge is 0.254 e. The van der Waals surface area contributed by atoms with Crippen LogP contribution < -0.4 is 5.32 Å². The van der Waals surface area contributed by atoms with Gasteiger partial charge in [0.15, 0.2) is 5.82 Å². The second kappa shape index (κ2) is 6.60. The molecule has 0 spiro atoms. The van der Waals surface area contributed by atoms with Crippen molar-refractivity contribution >= 4 is 39.2 Å². The number of benzene rings is 2. The summed E-state index contributed by atoms with van der Waals surface area (Å²) in [6.45, 7) is 0.642. The van der Waals surface area contributed by atoms with Gasteiger partial charge in [-0.2, -0.15) is 5.10 Å². The Balaban J connectivity index is 1.48. The summed E-state index contributed by atoms with van der Waals surface area (Å²) < 4.78 is 13.5. The number of likely N-dealkylation sites (tertiary alicyclic amines) is 1. The molecule has 1 aliphatic rings. The average Bonchev–Trinajstić information content (AvgIpc) is 3.33. The van der Waals surface area contributed by atoms with E-state index >= 15 is 0 Å². The Bertz CT molecular complexity index is 1190. The highest BCUT2D eigenvalue weighted by Gasteiger charge is 2.27. The standard InChI is InChI=1S/C21H18FN5O/c22-14-8-10-27(12-14)21(28)17-4-1-3-13-11-15(6-7-16(13)17)24-20-19-18(25-26-20)5-2-9-23-19/h1-7,9,11,14H,8,10,12H2,(H2,24,25,26)/t14-/m1/s1. The summed E-state index contributed by atoms with van der Waals surface area (Å²) in [7, 11) is 0. The Hall–Kier alpha value is -3.48. The third kappa shape index (κ3) is 2.85. The Morgan fingerprint density at radius 1 is 1.21 bits per heavy atom. The van der Waals surface area contributed by atoms with Crippen molar-refractivity contribution in [3.05, 3.63) is 60.3 Å². The number of H-pyrrole nitrogens is 1. The van der Waals surface area contributed by atoms with Crippen LogP contribution in [-0.2, 0) is 0 Å². The van der Waals surface area contributed by atoms with Crippen LogP contribution in [0.4, 0.5) is 15.9 Å². The van der Waals surface area contributed by atoms with Gasteiger partial charge in [0.05, 0.1) is 12.1 Å². The predicted octanol–water partition coefficient (Wildman–Crippen LogP) is 4.04. The molecule has 2 N–H and O–H groups in total. The SMILES string of the molecule is O=C(c1cccc2cc(Nc3n[nH]c4cccnc34)ccc12)N1CC[C@@H](F)C1. The molecule has 1 saturated heterocycles. The van der Waals surface area contributed by atoms with Gasteiger partial charge in [-0.1, -0.05) is 18.2 Å². The summed E-state index contributed by atoms with van der Waals surface area (Å²) >= 11 is 0. The van der Waals surface area contributed by atoms with E-state index in [1.54, 1.807) is 17.2 Å². The average molecular weight is 375 g/mol. The number of anilines is 2. The van der Waals surface area contributed by atoms with Crippen LogP contribution in [-0.4, -0.2) is 45.2 Å². The number of aromatic nitrogens is 3. The van der Waals surface area contributed by atoms with Crippen molar-refractivity contribution < 1.29 is 9.18 Å². The maximum atomic E-state index is 13.5. The predicted molar refractivity (Wildman–Crippen MR) is 107 cm³/mol. The van der Waals surface area contributed by atoms with Crippen LogP contribution >= 0.6 is 0 Å². The minimum absolute atomic E-state index is 0.117. The summed E-state index contributed by atoms with van der Waals surface area (Å²) in [5, 5.41) is 12.3. The van der Waals surface area contributed by atoms with E-state index in [9.17, 15) is 9.18 Å². The normalized spacial score (nSPS) is 16.8. The van der Waals surface area contributed by atoms with E-state index in [2.05, 4.69) is 20.5 Å². The van der Waals surface area contributed by atoms with Crippen LogP contribution in [0.1, 0.15) is 16.8 Å². The molecule has 7 heteroatoms. The fraction of sp³-hybridized carbons (Fsp3) is 0.190. The Morgan fingerprint density at radius 2 is 2.14 bits per heavy atom. The second-order valence-corrected chi connectivity index (χ2v) is 6.98. The zero-order valence-electron chi connectivity index (χ0n) is 15.0. The molecule has 0 saturated carbocycles. The van der Waals surface area contributed by atoms with Crippen molar-refractivity contribution in [1.82, 2.24) is 20.1 Å². The summed E-state index contributed by atoms with van der Waals surface area (Å²) in [6.07, 6.45) is 1.21. The number of amides is 1. The van der Waals surface area contributed by atoms with E-state index in [0.717, 1.165) is 27.5 Å². The number of pyridine rings is 1. The van der Waals surface area contributed by atoms with E-state index in [1.165, 1.54) is 0 Å². The molecule has 140 valence electrons. The fourth-order valence-corrected chi connectivity index (χ4v) is 3.70. The largest absolute Gasteiger partial charge is 0.337 e. The van der Waals surface area contributed by atoms with Gasteiger partial charge in [-0.05, 0) is 47.5 Å². The second-order valence-electron chi connectivity index (χ2n) is 6.98. The van der Waals surface area contributed by atoms with E-state index in [0.29, 0.717) is 24.3 Å². The minimum Gasteiger partial charge on any atom is -0.337 e. The van der Waals surface area contributed by atoms with E-state index < -0.39 is 6.17 Å². The third-order valence-electron chi connectivity index (χ3n) is 5.11. The lowest BCUT2D eigenvalue weighted by Crippen LogP contribution is -2.29. The Labute approximate surface area is 160 Å². The first kappa shape index (κ1) is 16.7. The lowest BCUT2D eigenvalue weighted by molar-refractivity contribution is 0.0785. The molecule has 4 aromatic rings. The highest BCUT2D eigenvalue weighted by atomic mass is 19.1. The first-order valence-electron chi connectivity index (χ1n) is 9.21. The van der Waals surface area contributed by atoms with Gasteiger partial charge in [0.2, 0.25) is 0 Å². The molecule has 3 heterocycles. The number of fused-ring (bicyclic) bond motifs is 2. The van der Waals surface area contributed by atoms with Gasteiger partial charge in [-0.25, -0.2) is 4.39 Å². The number of nitrogens with zero attached hydrogens (tertiary/aromatic N) is 3. The number of halogens is 1. The van der Waals surface area contributed by atoms with Gasteiger partial charge >= 0.3 is 0 Å². The molecule has 1 aliphatic heterocycles. The molecule has 2 aromatic heterocycles. The lowest BCUT2D eigenvalue weighted by Gasteiger charge is -2.17. The minimum atomic E-state index is -0.924. The van der Waals surface area contributed by atoms with Crippen LogP contribution in [0.3, 0.4) is 0 Å². The molecule has 1 fully saturated rings. The van der Waals surface area contributed by atoms with Crippen molar-refractivity contribution in [3.8, 4) is 0 Å². The lowest BCUT2D eigenvalue weighted by atomic mass is 10.0. The summed E-state index contributed by atoms with van der Waals surface area (Å²) in [5.74, 6) is 0.530. The van der Waals surface area contributed by atoms with Crippen LogP contribution in [0.5, 0.6) is 0 Å². The molecule has 5 rings (SSSR count). The van der Waals surface area contributed by atoms with Gasteiger partial charge in [-0.15, -0.1) is 0 Å². The molecular formula is C21H18FN5O. The number of carbonyl (C=O) groups excluding carboxylic acids is 1. The van der Waals surface area contributed by atoms with Gasteiger partial charge in [0, 0.05) is 24.0 Å². The molecule has 1 atom stereocenters. The molecule has 6 nitrogen and oxygen atoms in total. The van der Waals surface area contributed by atoms with Gasteiger partial charge in [0.25, 0.3) is 5.91 Å². The number of hydrogen-bond donors (Lipinski definition) is 2. The van der Waals surface area contributed by atoms with Crippen LogP contribution in [0.25, 0.3) is 21.8 Å². The summed E-state index contributed by atoms with van der Waals surface area (Å²) in [6, 6.07) is 15.2. The molecule has 0 unspecified atom stereocenters. The van der Waals surface area contributed by atoms with Crippen molar-refractivity contribution in [1.29, 1.82) is 0 Å². The highest BCUT2D eigenvalue weighted by molar-refractivity contribution is 6.07. The molecule has 1 amide bonds. The van der Waals surface area contributed by atoms with Crippen molar-refractivity contribution in [3.63, 3.8) is 0 Å². The van der Waals surface area contributed by atoms with Crippen molar-refractivity contribution in [2.45, 2.75) is 12.6 Å². The van der Waals surface area contributed by atoms with E-state index in [4.69, 9.17) is 0 Å². The Morgan fingerprint density at radius 3 is 3.00 bits per heavy atom. The maximum absolute atomic E-state index is 13.5. The molecule has 0 radical (unpaired) electrons. The molecular weight excluding hydrogens is 357 g/mol. The van der Waals surface area contributed by atoms with Gasteiger partial charge < -0.3 is 10.2 Å². The molecule has 0 bridgehead atoms. The summed E-state index contributed by atoms with van der Waals surface area (Å²) in [5.41, 5.74) is 3.07. The monoisotopic (exact) mass is 375 g/mol. The van der Waals surface area contributed by atoms with E-state index in [1.807, 2.05) is 42.5 Å². The molecule has 0 aliphatic carbocycles. The first-order valence-corrected chi connectivity index (χ1v) is 9.21. The van der Waals surface area contributed by atoms with Crippen LogP contribution in [0.15, 0.2) is 54.7 Å². The number of alkyl halides is 1.